The van der Waals surface area contributed by atoms with E-state index in [1.54, 1.807) is 0 Å². The van der Waals surface area contributed by atoms with Crippen LogP contribution in [0.1, 0.15) is 69.0 Å². The number of thiazole rings is 1. The summed E-state index contributed by atoms with van der Waals surface area (Å²) < 4.78 is 0. The minimum atomic E-state index is 0.507. The van der Waals surface area contributed by atoms with Crippen molar-refractivity contribution in [2.75, 3.05) is 6.54 Å². The maximum absolute atomic E-state index is 4.77. The Kier molecular flexibility index (Phi) is 3.61. The van der Waals surface area contributed by atoms with Crippen LogP contribution in [0.2, 0.25) is 0 Å². The van der Waals surface area contributed by atoms with Gasteiger partial charge in [-0.3, -0.25) is 0 Å². The molecule has 0 radical (unpaired) electrons. The lowest BCUT2D eigenvalue weighted by atomic mass is 9.53. The molecule has 1 aromatic rings. The Bertz CT molecular complexity index is 470. The molecule has 4 bridgehead atoms. The first kappa shape index (κ1) is 14.2. The van der Waals surface area contributed by atoms with Crippen LogP contribution in [0.15, 0.2) is 5.38 Å². The molecule has 21 heavy (non-hydrogen) atoms. The Balaban J connectivity index is 1.34. The van der Waals surface area contributed by atoms with Crippen molar-refractivity contribution in [1.29, 1.82) is 0 Å². The number of rotatable bonds is 5. The van der Waals surface area contributed by atoms with Crippen LogP contribution in [0.4, 0.5) is 0 Å². The fourth-order valence-electron chi connectivity index (χ4n) is 5.47. The third kappa shape index (κ3) is 2.79. The lowest BCUT2D eigenvalue weighted by Gasteiger charge is -2.57. The minimum Gasteiger partial charge on any atom is -0.311 e. The predicted molar refractivity (Wildman–Crippen MR) is 88.8 cm³/mol. The number of hydrogen-bond acceptors (Lipinski definition) is 3. The van der Waals surface area contributed by atoms with Gasteiger partial charge in [0.1, 0.15) is 0 Å². The van der Waals surface area contributed by atoms with E-state index in [0.29, 0.717) is 11.5 Å². The van der Waals surface area contributed by atoms with Crippen LogP contribution in [-0.4, -0.2) is 17.1 Å². The first-order valence-electron chi connectivity index (χ1n) is 8.81. The van der Waals surface area contributed by atoms with Crippen molar-refractivity contribution in [3.05, 3.63) is 16.1 Å². The SMILES string of the molecule is CC(C)c1csc(CCNC23CC4CC(CC(C4)C2)C3)n1. The minimum absolute atomic E-state index is 0.507. The van der Waals surface area contributed by atoms with Crippen molar-refractivity contribution in [3.63, 3.8) is 0 Å². The molecule has 0 aliphatic heterocycles. The first-order valence-corrected chi connectivity index (χ1v) is 9.69. The molecular formula is C18H28N2S. The van der Waals surface area contributed by atoms with Gasteiger partial charge in [-0.2, -0.15) is 0 Å². The van der Waals surface area contributed by atoms with E-state index in [1.165, 1.54) is 49.2 Å². The highest BCUT2D eigenvalue weighted by molar-refractivity contribution is 7.09. The highest BCUT2D eigenvalue weighted by Gasteiger charge is 2.50. The Hall–Kier alpha value is -0.410. The van der Waals surface area contributed by atoms with E-state index in [9.17, 15) is 0 Å². The van der Waals surface area contributed by atoms with Crippen LogP contribution in [0.5, 0.6) is 0 Å². The van der Waals surface area contributed by atoms with Crippen molar-refractivity contribution in [2.45, 2.75) is 70.3 Å². The number of nitrogens with zero attached hydrogens (tertiary/aromatic N) is 1. The van der Waals surface area contributed by atoms with E-state index >= 15 is 0 Å². The number of hydrogen-bond donors (Lipinski definition) is 1. The van der Waals surface area contributed by atoms with Crippen molar-refractivity contribution in [3.8, 4) is 0 Å². The van der Waals surface area contributed by atoms with E-state index in [0.717, 1.165) is 30.7 Å². The van der Waals surface area contributed by atoms with E-state index in [1.807, 2.05) is 11.3 Å². The van der Waals surface area contributed by atoms with E-state index in [4.69, 9.17) is 4.98 Å². The van der Waals surface area contributed by atoms with Crippen LogP contribution in [0.3, 0.4) is 0 Å². The van der Waals surface area contributed by atoms with Gasteiger partial charge in [0.05, 0.1) is 10.7 Å². The molecule has 0 aromatic carbocycles. The number of aromatic nitrogens is 1. The highest BCUT2D eigenvalue weighted by atomic mass is 32.1. The molecule has 4 aliphatic rings. The quantitative estimate of drug-likeness (QED) is 0.874. The molecule has 116 valence electrons. The standard InChI is InChI=1S/C18H28N2S/c1-12(2)16-11-21-17(20-16)3-4-19-18-8-13-5-14(9-18)7-15(6-13)10-18/h11-15,19H,3-10H2,1-2H3. The molecule has 0 spiro atoms. The summed E-state index contributed by atoms with van der Waals surface area (Å²) in [6.07, 6.45) is 10.1. The summed E-state index contributed by atoms with van der Waals surface area (Å²) >= 11 is 1.84. The average Bonchev–Trinajstić information content (AvgIpc) is 2.85. The lowest BCUT2D eigenvalue weighted by molar-refractivity contribution is -0.0192. The Morgan fingerprint density at radius 1 is 1.19 bits per heavy atom. The smallest absolute Gasteiger partial charge is 0.0941 e. The highest BCUT2D eigenvalue weighted by Crippen LogP contribution is 2.55. The van der Waals surface area contributed by atoms with Gasteiger partial charge in [0, 0.05) is 23.9 Å². The van der Waals surface area contributed by atoms with Crippen molar-refractivity contribution in [2.24, 2.45) is 17.8 Å². The molecule has 0 saturated heterocycles. The largest absolute Gasteiger partial charge is 0.311 e. The van der Waals surface area contributed by atoms with Crippen molar-refractivity contribution in [1.82, 2.24) is 10.3 Å². The Morgan fingerprint density at radius 2 is 1.81 bits per heavy atom. The molecular weight excluding hydrogens is 276 g/mol. The summed E-state index contributed by atoms with van der Waals surface area (Å²) in [4.78, 5) is 4.77. The van der Waals surface area contributed by atoms with Gasteiger partial charge in [-0.15, -0.1) is 11.3 Å². The summed E-state index contributed by atoms with van der Waals surface area (Å²) in [5.41, 5.74) is 1.78. The van der Waals surface area contributed by atoms with E-state index < -0.39 is 0 Å². The fourth-order valence-corrected chi connectivity index (χ4v) is 6.43. The fraction of sp³-hybridized carbons (Fsp3) is 0.833. The van der Waals surface area contributed by atoms with Gasteiger partial charge in [-0.1, -0.05) is 13.8 Å². The van der Waals surface area contributed by atoms with Crippen LogP contribution < -0.4 is 5.32 Å². The summed E-state index contributed by atoms with van der Waals surface area (Å²) in [7, 11) is 0. The van der Waals surface area contributed by atoms with Crippen LogP contribution in [0, 0.1) is 17.8 Å². The Labute approximate surface area is 132 Å². The zero-order chi connectivity index (χ0) is 14.4. The van der Waals surface area contributed by atoms with Crippen LogP contribution in [0.25, 0.3) is 0 Å². The molecule has 3 heteroatoms. The maximum Gasteiger partial charge on any atom is 0.0941 e. The van der Waals surface area contributed by atoms with Gasteiger partial charge in [0.25, 0.3) is 0 Å². The van der Waals surface area contributed by atoms with Gasteiger partial charge < -0.3 is 5.32 Å². The zero-order valence-electron chi connectivity index (χ0n) is 13.4. The summed E-state index contributed by atoms with van der Waals surface area (Å²) in [6.45, 7) is 5.58. The summed E-state index contributed by atoms with van der Waals surface area (Å²) in [5.74, 6) is 3.68. The molecule has 0 atom stereocenters. The van der Waals surface area contributed by atoms with E-state index in [-0.39, 0.29) is 0 Å². The third-order valence-electron chi connectivity index (χ3n) is 6.04. The van der Waals surface area contributed by atoms with Crippen LogP contribution >= 0.6 is 11.3 Å². The second kappa shape index (κ2) is 5.34. The average molecular weight is 305 g/mol. The first-order chi connectivity index (χ1) is 10.1. The molecule has 4 fully saturated rings. The van der Waals surface area contributed by atoms with Gasteiger partial charge in [0.2, 0.25) is 0 Å². The second-order valence-corrected chi connectivity index (χ2v) is 9.14. The summed E-state index contributed by atoms with van der Waals surface area (Å²) in [5, 5.41) is 7.54. The van der Waals surface area contributed by atoms with Gasteiger partial charge >= 0.3 is 0 Å². The molecule has 0 unspecified atom stereocenters. The van der Waals surface area contributed by atoms with Gasteiger partial charge in [0.15, 0.2) is 0 Å². The van der Waals surface area contributed by atoms with Crippen LogP contribution in [-0.2, 0) is 6.42 Å². The van der Waals surface area contributed by atoms with Gasteiger partial charge in [-0.25, -0.2) is 4.98 Å². The second-order valence-electron chi connectivity index (χ2n) is 8.20. The molecule has 4 saturated carbocycles. The monoisotopic (exact) mass is 304 g/mol. The molecule has 4 aliphatic carbocycles. The van der Waals surface area contributed by atoms with Gasteiger partial charge in [-0.05, 0) is 62.2 Å². The maximum atomic E-state index is 4.77. The molecule has 5 rings (SSSR count). The molecule has 1 aromatic heterocycles. The zero-order valence-corrected chi connectivity index (χ0v) is 14.2. The molecule has 1 N–H and O–H groups in total. The summed E-state index contributed by atoms with van der Waals surface area (Å²) in [6, 6.07) is 0. The predicted octanol–water partition coefficient (Wildman–Crippen LogP) is 4.37. The molecule has 0 amide bonds. The lowest BCUT2D eigenvalue weighted by Crippen LogP contribution is -2.58. The normalized spacial score (nSPS) is 37.6. The third-order valence-corrected chi connectivity index (χ3v) is 6.96. The Morgan fingerprint density at radius 3 is 2.33 bits per heavy atom. The molecule has 1 heterocycles. The van der Waals surface area contributed by atoms with Crippen molar-refractivity contribution < 1.29 is 0 Å². The van der Waals surface area contributed by atoms with Crippen molar-refractivity contribution >= 4 is 11.3 Å². The molecule has 2 nitrogen and oxygen atoms in total. The van der Waals surface area contributed by atoms with E-state index in [2.05, 4.69) is 24.5 Å². The number of nitrogens with one attached hydrogen (secondary N) is 1. The topological polar surface area (TPSA) is 24.9 Å².